The zero-order chi connectivity index (χ0) is 13.9. The molecule has 8 heteroatoms. The molecule has 0 saturated carbocycles. The van der Waals surface area contributed by atoms with Gasteiger partial charge in [-0.15, -0.1) is 10.2 Å². The number of rotatable bonds is 4. The summed E-state index contributed by atoms with van der Waals surface area (Å²) in [4.78, 5) is 11.7. The molecule has 20 heavy (non-hydrogen) atoms. The van der Waals surface area contributed by atoms with Crippen LogP contribution in [0.4, 0.5) is 10.3 Å². The van der Waals surface area contributed by atoms with Gasteiger partial charge >= 0.3 is 0 Å². The maximum absolute atomic E-state index is 13.3. The summed E-state index contributed by atoms with van der Waals surface area (Å²) in [6.45, 7) is 0.479. The van der Waals surface area contributed by atoms with Crippen molar-refractivity contribution in [2.45, 2.75) is 11.7 Å². The Morgan fingerprint density at radius 1 is 1.45 bits per heavy atom. The highest BCUT2D eigenvalue weighted by atomic mass is 32.2. The number of ether oxygens (including phenoxy) is 1. The first-order valence-corrected chi connectivity index (χ1v) is 6.96. The number of aromatic nitrogens is 3. The number of nitrogens with one attached hydrogen (secondary N) is 1. The van der Waals surface area contributed by atoms with Crippen molar-refractivity contribution in [2.75, 3.05) is 17.7 Å². The number of amides is 1. The van der Waals surface area contributed by atoms with E-state index in [9.17, 15) is 9.18 Å². The van der Waals surface area contributed by atoms with Gasteiger partial charge in [-0.3, -0.25) is 14.7 Å². The SMILES string of the molecule is O=C(COc1ccccc1F)Nc1nnc2n1CCS2. The monoisotopic (exact) mass is 294 g/mol. The molecule has 2 aromatic rings. The molecule has 6 nitrogen and oxygen atoms in total. The third-order valence-corrected chi connectivity index (χ3v) is 3.66. The normalized spacial score (nSPS) is 13.1. The molecule has 1 amide bonds. The van der Waals surface area contributed by atoms with Gasteiger partial charge in [0.25, 0.3) is 5.91 Å². The first kappa shape index (κ1) is 12.9. The van der Waals surface area contributed by atoms with E-state index in [2.05, 4.69) is 15.5 Å². The van der Waals surface area contributed by atoms with Gasteiger partial charge in [0, 0.05) is 12.3 Å². The Bertz CT molecular complexity index is 646. The van der Waals surface area contributed by atoms with Gasteiger partial charge in [0.2, 0.25) is 5.95 Å². The largest absolute Gasteiger partial charge is 0.481 e. The third-order valence-electron chi connectivity index (χ3n) is 2.71. The summed E-state index contributed by atoms with van der Waals surface area (Å²) in [5, 5.41) is 11.2. The zero-order valence-corrected chi connectivity index (χ0v) is 11.2. The number of para-hydroxylation sites is 1. The maximum atomic E-state index is 13.3. The minimum absolute atomic E-state index is 0.0460. The van der Waals surface area contributed by atoms with Crippen LogP contribution in [0, 0.1) is 5.82 Å². The van der Waals surface area contributed by atoms with Crippen molar-refractivity contribution in [3.05, 3.63) is 30.1 Å². The summed E-state index contributed by atoms with van der Waals surface area (Å²) in [7, 11) is 0. The highest BCUT2D eigenvalue weighted by molar-refractivity contribution is 7.99. The van der Waals surface area contributed by atoms with Crippen LogP contribution in [-0.4, -0.2) is 33.0 Å². The Balaban J connectivity index is 1.59. The Morgan fingerprint density at radius 3 is 3.15 bits per heavy atom. The van der Waals surface area contributed by atoms with Crippen molar-refractivity contribution < 1.29 is 13.9 Å². The van der Waals surface area contributed by atoms with Crippen LogP contribution in [0.5, 0.6) is 5.75 Å². The van der Waals surface area contributed by atoms with Crippen LogP contribution in [0.15, 0.2) is 29.4 Å². The van der Waals surface area contributed by atoms with Crippen molar-refractivity contribution in [1.29, 1.82) is 0 Å². The average Bonchev–Trinajstić information content (AvgIpc) is 3.03. The Labute approximate surface area is 118 Å². The summed E-state index contributed by atoms with van der Waals surface area (Å²) in [6, 6.07) is 5.93. The average molecular weight is 294 g/mol. The number of hydrogen-bond donors (Lipinski definition) is 1. The van der Waals surface area contributed by atoms with E-state index in [1.807, 2.05) is 4.57 Å². The minimum atomic E-state index is -0.500. The van der Waals surface area contributed by atoms with Gasteiger partial charge in [-0.1, -0.05) is 23.9 Å². The second kappa shape index (κ2) is 5.49. The Kier molecular flexibility index (Phi) is 3.55. The second-order valence-corrected chi connectivity index (χ2v) is 5.14. The maximum Gasteiger partial charge on any atom is 0.264 e. The lowest BCUT2D eigenvalue weighted by atomic mass is 10.3. The van der Waals surface area contributed by atoms with Crippen LogP contribution in [0.2, 0.25) is 0 Å². The fourth-order valence-corrected chi connectivity index (χ4v) is 2.67. The third kappa shape index (κ3) is 2.60. The van der Waals surface area contributed by atoms with E-state index in [1.165, 1.54) is 12.1 Å². The molecule has 2 heterocycles. The van der Waals surface area contributed by atoms with E-state index in [-0.39, 0.29) is 12.4 Å². The Hall–Kier alpha value is -2.09. The molecule has 0 unspecified atom stereocenters. The van der Waals surface area contributed by atoms with Crippen LogP contribution in [0.1, 0.15) is 0 Å². The molecule has 104 valence electrons. The van der Waals surface area contributed by atoms with E-state index in [1.54, 1.807) is 23.9 Å². The molecular formula is C12H11FN4O2S. The predicted molar refractivity (Wildman–Crippen MR) is 71.3 cm³/mol. The molecule has 1 N–H and O–H groups in total. The Morgan fingerprint density at radius 2 is 2.30 bits per heavy atom. The van der Waals surface area contributed by atoms with Crippen LogP contribution >= 0.6 is 11.8 Å². The molecule has 0 aliphatic carbocycles. The second-order valence-electron chi connectivity index (χ2n) is 4.07. The minimum Gasteiger partial charge on any atom is -0.481 e. The fourth-order valence-electron chi connectivity index (χ4n) is 1.78. The van der Waals surface area contributed by atoms with Crippen molar-refractivity contribution in [3.8, 4) is 5.75 Å². The molecular weight excluding hydrogens is 283 g/mol. The molecule has 0 saturated heterocycles. The molecule has 0 spiro atoms. The highest BCUT2D eigenvalue weighted by Crippen LogP contribution is 2.26. The van der Waals surface area contributed by atoms with Crippen LogP contribution in [0.3, 0.4) is 0 Å². The van der Waals surface area contributed by atoms with Crippen LogP contribution < -0.4 is 10.1 Å². The molecule has 1 aliphatic heterocycles. The summed E-state index contributed by atoms with van der Waals surface area (Å²) < 4.78 is 20.3. The molecule has 0 fully saturated rings. The van der Waals surface area contributed by atoms with Gasteiger partial charge < -0.3 is 4.74 Å². The van der Waals surface area contributed by atoms with Gasteiger partial charge in [0.15, 0.2) is 23.3 Å². The van der Waals surface area contributed by atoms with Crippen LogP contribution in [-0.2, 0) is 11.3 Å². The predicted octanol–water partition coefficient (Wildman–Crippen LogP) is 1.54. The van der Waals surface area contributed by atoms with E-state index in [0.29, 0.717) is 5.95 Å². The van der Waals surface area contributed by atoms with E-state index in [0.717, 1.165) is 17.5 Å². The summed E-state index contributed by atoms with van der Waals surface area (Å²) >= 11 is 1.59. The fraction of sp³-hybridized carbons (Fsp3) is 0.250. The first-order chi connectivity index (χ1) is 9.74. The van der Waals surface area contributed by atoms with Gasteiger partial charge in [-0.25, -0.2) is 4.39 Å². The summed E-state index contributed by atoms with van der Waals surface area (Å²) in [6.07, 6.45) is 0. The lowest BCUT2D eigenvalue weighted by molar-refractivity contribution is -0.118. The van der Waals surface area contributed by atoms with Crippen molar-refractivity contribution in [3.63, 3.8) is 0 Å². The molecule has 0 atom stereocenters. The quantitative estimate of drug-likeness (QED) is 0.926. The number of thioether (sulfide) groups is 1. The zero-order valence-electron chi connectivity index (χ0n) is 10.4. The standard InChI is InChI=1S/C12H11FN4O2S/c13-8-3-1-2-4-9(8)19-7-10(18)14-11-15-16-12-17(11)5-6-20-12/h1-4H,5-7H2,(H,14,15,18). The molecule has 1 aliphatic rings. The van der Waals surface area contributed by atoms with Crippen molar-refractivity contribution in [2.24, 2.45) is 0 Å². The number of hydrogen-bond acceptors (Lipinski definition) is 5. The number of carbonyl (C=O) groups excluding carboxylic acids is 1. The van der Waals surface area contributed by atoms with Gasteiger partial charge in [-0.05, 0) is 12.1 Å². The number of benzene rings is 1. The highest BCUT2D eigenvalue weighted by Gasteiger charge is 2.19. The van der Waals surface area contributed by atoms with Gasteiger partial charge in [0.05, 0.1) is 0 Å². The summed E-state index contributed by atoms with van der Waals surface area (Å²) in [5.74, 6) is 0.455. The van der Waals surface area contributed by atoms with Gasteiger partial charge in [0.1, 0.15) is 0 Å². The number of anilines is 1. The van der Waals surface area contributed by atoms with Crippen molar-refractivity contribution in [1.82, 2.24) is 14.8 Å². The molecule has 3 rings (SSSR count). The topological polar surface area (TPSA) is 69.0 Å². The molecule has 1 aromatic carbocycles. The first-order valence-electron chi connectivity index (χ1n) is 5.97. The number of fused-ring (bicyclic) bond motifs is 1. The molecule has 1 aromatic heterocycles. The number of carbonyl (C=O) groups is 1. The molecule has 0 bridgehead atoms. The van der Waals surface area contributed by atoms with Gasteiger partial charge in [-0.2, -0.15) is 0 Å². The van der Waals surface area contributed by atoms with Crippen molar-refractivity contribution >= 4 is 23.6 Å². The lowest BCUT2D eigenvalue weighted by Crippen LogP contribution is -2.22. The number of halogens is 1. The van der Waals surface area contributed by atoms with E-state index >= 15 is 0 Å². The lowest BCUT2D eigenvalue weighted by Gasteiger charge is -2.07. The van der Waals surface area contributed by atoms with E-state index < -0.39 is 11.7 Å². The summed E-state index contributed by atoms with van der Waals surface area (Å²) in [5.41, 5.74) is 0. The molecule has 0 radical (unpaired) electrons. The van der Waals surface area contributed by atoms with E-state index in [4.69, 9.17) is 4.74 Å². The van der Waals surface area contributed by atoms with Crippen LogP contribution in [0.25, 0.3) is 0 Å². The number of nitrogens with zero attached hydrogens (tertiary/aromatic N) is 3. The smallest absolute Gasteiger partial charge is 0.264 e.